The summed E-state index contributed by atoms with van der Waals surface area (Å²) >= 11 is 1.19. The van der Waals surface area contributed by atoms with Crippen molar-refractivity contribution in [1.82, 2.24) is 0 Å². The van der Waals surface area contributed by atoms with Gasteiger partial charge in [-0.15, -0.1) is 11.8 Å². The molecule has 0 radical (unpaired) electrons. The topological polar surface area (TPSA) is 89.6 Å². The van der Waals surface area contributed by atoms with Crippen LogP contribution in [0.3, 0.4) is 0 Å². The number of carboxylic acid groups (broad SMARTS) is 1. The fourth-order valence-corrected chi connectivity index (χ4v) is 2.39. The summed E-state index contributed by atoms with van der Waals surface area (Å²) in [6, 6.07) is -1.02. The van der Waals surface area contributed by atoms with Crippen molar-refractivity contribution in [2.45, 2.75) is 36.8 Å². The number of rotatable bonds is 5. The molecule has 2 atom stereocenters. The van der Waals surface area contributed by atoms with Gasteiger partial charge in [0.05, 0.1) is 7.11 Å². The Morgan fingerprint density at radius 3 is 2.27 bits per heavy atom. The Bertz CT molecular complexity index is 254. The Labute approximate surface area is 93.4 Å². The number of nitrogens with two attached hydrogens (primary N) is 1. The molecule has 0 spiro atoms. The third-order valence-corrected chi connectivity index (χ3v) is 3.44. The van der Waals surface area contributed by atoms with Crippen LogP contribution in [-0.4, -0.2) is 40.2 Å². The van der Waals surface area contributed by atoms with Crippen molar-refractivity contribution >= 4 is 23.7 Å². The van der Waals surface area contributed by atoms with Gasteiger partial charge in [-0.2, -0.15) is 0 Å². The number of hydrogen-bond acceptors (Lipinski definition) is 5. The van der Waals surface area contributed by atoms with Crippen molar-refractivity contribution in [3.05, 3.63) is 0 Å². The quantitative estimate of drug-likeness (QED) is 0.673. The van der Waals surface area contributed by atoms with Crippen molar-refractivity contribution in [3.8, 4) is 0 Å². The van der Waals surface area contributed by atoms with E-state index in [1.807, 2.05) is 0 Å². The molecule has 0 saturated heterocycles. The monoisotopic (exact) mass is 235 g/mol. The van der Waals surface area contributed by atoms with E-state index in [9.17, 15) is 9.59 Å². The molecule has 88 valence electrons. The Kier molecular flexibility index (Phi) is 5.10. The van der Waals surface area contributed by atoms with Crippen LogP contribution >= 0.6 is 11.8 Å². The van der Waals surface area contributed by atoms with Gasteiger partial charge < -0.3 is 15.6 Å². The van der Waals surface area contributed by atoms with E-state index in [1.54, 1.807) is 20.8 Å². The lowest BCUT2D eigenvalue weighted by atomic mass is 10.1. The van der Waals surface area contributed by atoms with Crippen molar-refractivity contribution in [2.24, 2.45) is 5.73 Å². The van der Waals surface area contributed by atoms with Gasteiger partial charge in [-0.1, -0.05) is 0 Å². The van der Waals surface area contributed by atoms with E-state index >= 15 is 0 Å². The maximum atomic E-state index is 11.2. The minimum Gasteiger partial charge on any atom is -0.480 e. The lowest BCUT2D eigenvalue weighted by Crippen LogP contribution is -2.48. The lowest BCUT2D eigenvalue weighted by molar-refractivity contribution is -0.140. The Morgan fingerprint density at radius 2 is 1.93 bits per heavy atom. The highest BCUT2D eigenvalue weighted by Gasteiger charge is 2.35. The number of methoxy groups -OCH3 is 1. The summed E-state index contributed by atoms with van der Waals surface area (Å²) in [6.45, 7) is 5.04. The smallest absolute Gasteiger partial charge is 0.321 e. The van der Waals surface area contributed by atoms with Gasteiger partial charge in [-0.25, -0.2) is 0 Å². The number of thioether (sulfide) groups is 1. The van der Waals surface area contributed by atoms with E-state index < -0.39 is 22.0 Å². The van der Waals surface area contributed by atoms with Crippen molar-refractivity contribution in [3.63, 3.8) is 0 Å². The largest absolute Gasteiger partial charge is 0.480 e. The first kappa shape index (κ1) is 14.2. The number of carbonyl (C=O) groups excluding carboxylic acids is 1. The number of esters is 1. The molecule has 0 aromatic carbocycles. The molecule has 0 rings (SSSR count). The SMILES string of the molecule is COC(=O)C(C)SC(C)(C)[C@H](N)C(=O)O. The summed E-state index contributed by atoms with van der Waals surface area (Å²) in [6.07, 6.45) is 0. The lowest BCUT2D eigenvalue weighted by Gasteiger charge is -2.29. The number of carboxylic acids is 1. The summed E-state index contributed by atoms with van der Waals surface area (Å²) in [5.74, 6) is -1.46. The summed E-state index contributed by atoms with van der Waals surface area (Å²) < 4.78 is 3.83. The van der Waals surface area contributed by atoms with Gasteiger partial charge in [0.15, 0.2) is 0 Å². The van der Waals surface area contributed by atoms with Crippen LogP contribution in [0.2, 0.25) is 0 Å². The Morgan fingerprint density at radius 1 is 1.47 bits per heavy atom. The summed E-state index contributed by atoms with van der Waals surface area (Å²) in [5.41, 5.74) is 5.51. The molecule has 0 bridgehead atoms. The summed E-state index contributed by atoms with van der Waals surface area (Å²) in [4.78, 5) is 21.9. The van der Waals surface area contributed by atoms with Crippen LogP contribution in [0.25, 0.3) is 0 Å². The third kappa shape index (κ3) is 4.09. The zero-order valence-corrected chi connectivity index (χ0v) is 10.1. The normalized spacial score (nSPS) is 15.5. The molecule has 15 heavy (non-hydrogen) atoms. The van der Waals surface area contributed by atoms with Crippen LogP contribution in [0.4, 0.5) is 0 Å². The average molecular weight is 235 g/mol. The predicted molar refractivity (Wildman–Crippen MR) is 58.8 cm³/mol. The highest BCUT2D eigenvalue weighted by atomic mass is 32.2. The molecule has 0 saturated carbocycles. The second-order valence-corrected chi connectivity index (χ2v) is 5.70. The van der Waals surface area contributed by atoms with E-state index in [0.717, 1.165) is 0 Å². The number of hydrogen-bond donors (Lipinski definition) is 2. The Balaban J connectivity index is 4.49. The van der Waals surface area contributed by atoms with E-state index in [-0.39, 0.29) is 5.97 Å². The number of ether oxygens (including phenoxy) is 1. The van der Waals surface area contributed by atoms with Gasteiger partial charge in [0.1, 0.15) is 11.3 Å². The zero-order valence-electron chi connectivity index (χ0n) is 9.31. The summed E-state index contributed by atoms with van der Waals surface area (Å²) in [5, 5.41) is 8.34. The molecule has 0 aliphatic carbocycles. The van der Waals surface area contributed by atoms with Gasteiger partial charge in [-0.3, -0.25) is 9.59 Å². The van der Waals surface area contributed by atoms with E-state index in [0.29, 0.717) is 0 Å². The molecule has 1 unspecified atom stereocenters. The van der Waals surface area contributed by atoms with Crippen LogP contribution in [0.1, 0.15) is 20.8 Å². The average Bonchev–Trinajstić information content (AvgIpc) is 2.14. The zero-order chi connectivity index (χ0) is 12.2. The predicted octanol–water partition coefficient (Wildman–Crippen LogP) is 0.472. The van der Waals surface area contributed by atoms with Crippen molar-refractivity contribution in [2.75, 3.05) is 7.11 Å². The molecule has 0 aliphatic heterocycles. The van der Waals surface area contributed by atoms with Crippen LogP contribution in [0.15, 0.2) is 0 Å². The number of carbonyl (C=O) groups is 2. The molecule has 0 aliphatic rings. The van der Waals surface area contributed by atoms with Crippen molar-refractivity contribution < 1.29 is 19.4 Å². The van der Waals surface area contributed by atoms with E-state index in [4.69, 9.17) is 10.8 Å². The first-order chi connectivity index (χ1) is 6.72. The second kappa shape index (κ2) is 5.37. The molecule has 0 aromatic rings. The van der Waals surface area contributed by atoms with E-state index in [1.165, 1.54) is 18.9 Å². The van der Waals surface area contributed by atoms with E-state index in [2.05, 4.69) is 4.74 Å². The van der Waals surface area contributed by atoms with Crippen LogP contribution in [-0.2, 0) is 14.3 Å². The van der Waals surface area contributed by atoms with Gasteiger partial charge in [0, 0.05) is 4.75 Å². The maximum Gasteiger partial charge on any atom is 0.321 e. The molecule has 0 fully saturated rings. The minimum atomic E-state index is -1.08. The number of aliphatic carboxylic acids is 1. The third-order valence-electron chi connectivity index (χ3n) is 2.03. The van der Waals surface area contributed by atoms with Gasteiger partial charge in [0.25, 0.3) is 0 Å². The maximum absolute atomic E-state index is 11.2. The molecular weight excluding hydrogens is 218 g/mol. The molecule has 6 heteroatoms. The second-order valence-electron chi connectivity index (χ2n) is 3.70. The molecular formula is C9H17NO4S. The standard InChI is InChI=1S/C9H17NO4S/c1-5(8(13)14-4)15-9(2,3)6(10)7(11)12/h5-6H,10H2,1-4H3,(H,11,12)/t5?,6-/m1/s1. The first-order valence-corrected chi connectivity index (χ1v) is 5.34. The molecule has 0 heterocycles. The van der Waals surface area contributed by atoms with Crippen LogP contribution in [0.5, 0.6) is 0 Å². The molecule has 0 aromatic heterocycles. The Hall–Kier alpha value is -0.750. The van der Waals surface area contributed by atoms with Crippen LogP contribution < -0.4 is 5.73 Å². The highest BCUT2D eigenvalue weighted by molar-refractivity contribution is 8.01. The fourth-order valence-electron chi connectivity index (χ4n) is 1.04. The molecule has 0 amide bonds. The van der Waals surface area contributed by atoms with Gasteiger partial charge in [-0.05, 0) is 20.8 Å². The highest BCUT2D eigenvalue weighted by Crippen LogP contribution is 2.31. The van der Waals surface area contributed by atoms with Crippen LogP contribution in [0, 0.1) is 0 Å². The van der Waals surface area contributed by atoms with Gasteiger partial charge >= 0.3 is 11.9 Å². The molecule has 5 nitrogen and oxygen atoms in total. The fraction of sp³-hybridized carbons (Fsp3) is 0.778. The first-order valence-electron chi connectivity index (χ1n) is 4.46. The summed E-state index contributed by atoms with van der Waals surface area (Å²) in [7, 11) is 1.30. The molecule has 3 N–H and O–H groups in total. The minimum absolute atomic E-state index is 0.384. The van der Waals surface area contributed by atoms with Crippen molar-refractivity contribution in [1.29, 1.82) is 0 Å². The van der Waals surface area contributed by atoms with Gasteiger partial charge in [0.2, 0.25) is 0 Å².